The van der Waals surface area contributed by atoms with Gasteiger partial charge in [-0.15, -0.1) is 0 Å². The summed E-state index contributed by atoms with van der Waals surface area (Å²) in [7, 11) is -2.26. The van der Waals surface area contributed by atoms with E-state index in [2.05, 4.69) is 10.00 Å². The normalized spacial score (nSPS) is 15.2. The lowest BCUT2D eigenvalue weighted by atomic mass is 10.1. The summed E-state index contributed by atoms with van der Waals surface area (Å²) < 4.78 is 29.8. The number of anilines is 1. The van der Waals surface area contributed by atoms with E-state index in [9.17, 15) is 13.2 Å². The molecule has 1 aliphatic rings. The van der Waals surface area contributed by atoms with Gasteiger partial charge in [0, 0.05) is 63.2 Å². The molecule has 32 heavy (non-hydrogen) atoms. The number of carbonyl (C=O) groups excluding carboxylic acids is 1. The summed E-state index contributed by atoms with van der Waals surface area (Å²) in [5.74, 6) is -0.284. The lowest BCUT2D eigenvalue weighted by Gasteiger charge is -2.36. The number of hydrogen-bond acceptors (Lipinski definition) is 5. The zero-order chi connectivity index (χ0) is 23.5. The van der Waals surface area contributed by atoms with Crippen LogP contribution in [0.4, 0.5) is 5.69 Å². The molecule has 0 bridgehead atoms. The summed E-state index contributed by atoms with van der Waals surface area (Å²) in [4.78, 5) is 17.0. The smallest absolute Gasteiger partial charge is 0.263 e. The summed E-state index contributed by atoms with van der Waals surface area (Å²) >= 11 is 6.16. The van der Waals surface area contributed by atoms with Crippen LogP contribution in [0.15, 0.2) is 29.4 Å². The molecule has 1 saturated heterocycles. The number of aryl methyl sites for hydroxylation is 2. The Hall–Kier alpha value is -2.10. The summed E-state index contributed by atoms with van der Waals surface area (Å²) in [5.41, 5.74) is 2.25. The summed E-state index contributed by atoms with van der Waals surface area (Å²) in [5, 5.41) is 4.69. The number of benzene rings is 1. The van der Waals surface area contributed by atoms with Gasteiger partial charge in [0.2, 0.25) is 5.03 Å². The van der Waals surface area contributed by atoms with Crippen LogP contribution in [0.1, 0.15) is 42.6 Å². The molecule has 0 saturated carbocycles. The largest absolute Gasteiger partial charge is 0.369 e. The molecule has 1 aromatic carbocycles. The molecule has 10 heteroatoms. The van der Waals surface area contributed by atoms with E-state index >= 15 is 0 Å². The highest BCUT2D eigenvalue weighted by atomic mass is 35.5. The molecule has 1 aliphatic heterocycles. The second-order valence-corrected chi connectivity index (χ2v) is 10.4. The topological polar surface area (TPSA) is 78.8 Å². The summed E-state index contributed by atoms with van der Waals surface area (Å²) in [6.07, 6.45) is 3.12. The molecular formula is C22H32ClN5O3S. The molecular weight excluding hydrogens is 450 g/mol. The van der Waals surface area contributed by atoms with Gasteiger partial charge >= 0.3 is 0 Å². The number of amides is 1. The lowest BCUT2D eigenvalue weighted by Crippen LogP contribution is -2.49. The molecule has 0 aliphatic carbocycles. The van der Waals surface area contributed by atoms with Gasteiger partial charge in [-0.3, -0.25) is 9.48 Å². The minimum Gasteiger partial charge on any atom is -0.369 e. The Morgan fingerprint density at radius 2 is 1.75 bits per heavy atom. The van der Waals surface area contributed by atoms with Crippen molar-refractivity contribution in [2.24, 2.45) is 7.05 Å². The Balaban J connectivity index is 1.82. The van der Waals surface area contributed by atoms with Gasteiger partial charge in [-0.2, -0.15) is 9.40 Å². The minimum absolute atomic E-state index is 0.141. The van der Waals surface area contributed by atoms with Gasteiger partial charge in [0.15, 0.2) is 0 Å². The van der Waals surface area contributed by atoms with Gasteiger partial charge in [0.1, 0.15) is 0 Å². The first kappa shape index (κ1) is 24.5. The molecule has 8 nitrogen and oxygen atoms in total. The molecule has 1 amide bonds. The van der Waals surface area contributed by atoms with Crippen LogP contribution < -0.4 is 4.90 Å². The van der Waals surface area contributed by atoms with Crippen LogP contribution >= 0.6 is 11.6 Å². The van der Waals surface area contributed by atoms with E-state index in [1.165, 1.54) is 15.2 Å². The fraction of sp³-hybridized carbons (Fsp3) is 0.545. The zero-order valence-electron chi connectivity index (χ0n) is 19.2. The number of piperazine rings is 1. The Bertz CT molecular complexity index is 1060. The van der Waals surface area contributed by atoms with Crippen LogP contribution in [0.25, 0.3) is 0 Å². The molecule has 2 aromatic rings. The number of halogens is 1. The van der Waals surface area contributed by atoms with E-state index < -0.39 is 10.0 Å². The van der Waals surface area contributed by atoms with E-state index in [1.54, 1.807) is 11.9 Å². The fourth-order valence-corrected chi connectivity index (χ4v) is 5.75. The molecule has 0 atom stereocenters. The van der Waals surface area contributed by atoms with Gasteiger partial charge in [0.25, 0.3) is 15.9 Å². The number of nitrogens with zero attached hydrogens (tertiary/aromatic N) is 5. The lowest BCUT2D eigenvalue weighted by molar-refractivity contribution is 0.0751. The molecule has 3 rings (SSSR count). The third kappa shape index (κ3) is 5.10. The molecule has 176 valence electrons. The van der Waals surface area contributed by atoms with Crippen LogP contribution in [0.3, 0.4) is 0 Å². The summed E-state index contributed by atoms with van der Waals surface area (Å²) in [6.45, 7) is 8.87. The van der Waals surface area contributed by atoms with Crippen molar-refractivity contribution >= 4 is 33.2 Å². The van der Waals surface area contributed by atoms with E-state index in [-0.39, 0.29) is 16.5 Å². The third-order valence-corrected chi connectivity index (χ3v) is 7.70. The van der Waals surface area contributed by atoms with Crippen molar-refractivity contribution in [3.8, 4) is 0 Å². The van der Waals surface area contributed by atoms with Crippen molar-refractivity contribution in [1.29, 1.82) is 0 Å². The van der Waals surface area contributed by atoms with Crippen molar-refractivity contribution in [3.63, 3.8) is 0 Å². The summed E-state index contributed by atoms with van der Waals surface area (Å²) in [6, 6.07) is 5.72. The maximum absolute atomic E-state index is 13.5. The predicted molar refractivity (Wildman–Crippen MR) is 127 cm³/mol. The molecule has 1 fully saturated rings. The standard InChI is InChI=1S/C22H32ClN5O3S/c1-5-9-27(10-6-2)22(29)19-16-25(4)24-21(19)32(30,31)28-13-11-26(12-14-28)20-15-18(23)8-7-17(20)3/h7-8,15-16H,5-6,9-14H2,1-4H3. The Kier molecular flexibility index (Phi) is 7.84. The quantitative estimate of drug-likeness (QED) is 0.578. The molecule has 0 spiro atoms. The molecule has 0 N–H and O–H groups in total. The fourth-order valence-electron chi connectivity index (χ4n) is 4.05. The second-order valence-electron chi connectivity index (χ2n) is 8.14. The number of aromatic nitrogens is 2. The van der Waals surface area contributed by atoms with Gasteiger partial charge in [-0.1, -0.05) is 31.5 Å². The number of sulfonamides is 1. The first-order valence-electron chi connectivity index (χ1n) is 11.0. The van der Waals surface area contributed by atoms with Crippen molar-refractivity contribution in [1.82, 2.24) is 19.0 Å². The Morgan fingerprint density at radius 3 is 2.34 bits per heavy atom. The highest BCUT2D eigenvalue weighted by Crippen LogP contribution is 2.27. The maximum atomic E-state index is 13.5. The Labute approximate surface area is 195 Å². The van der Waals surface area contributed by atoms with Crippen LogP contribution in [-0.2, 0) is 17.1 Å². The highest BCUT2D eigenvalue weighted by Gasteiger charge is 2.35. The van der Waals surface area contributed by atoms with Gasteiger partial charge in [-0.25, -0.2) is 8.42 Å². The van der Waals surface area contributed by atoms with Crippen LogP contribution in [0.2, 0.25) is 5.02 Å². The van der Waals surface area contributed by atoms with E-state index in [0.717, 1.165) is 24.1 Å². The molecule has 1 aromatic heterocycles. The van der Waals surface area contributed by atoms with Gasteiger partial charge in [0.05, 0.1) is 5.56 Å². The second kappa shape index (κ2) is 10.2. The van der Waals surface area contributed by atoms with E-state index in [4.69, 9.17) is 11.6 Å². The Morgan fingerprint density at radius 1 is 1.12 bits per heavy atom. The first-order chi connectivity index (χ1) is 15.2. The highest BCUT2D eigenvalue weighted by molar-refractivity contribution is 7.89. The average Bonchev–Trinajstić information content (AvgIpc) is 3.17. The van der Waals surface area contributed by atoms with Crippen molar-refractivity contribution in [2.45, 2.75) is 38.6 Å². The van der Waals surface area contributed by atoms with Crippen molar-refractivity contribution in [3.05, 3.63) is 40.5 Å². The average molecular weight is 482 g/mol. The van der Waals surface area contributed by atoms with Crippen LogP contribution in [0, 0.1) is 6.92 Å². The van der Waals surface area contributed by atoms with E-state index in [0.29, 0.717) is 44.3 Å². The maximum Gasteiger partial charge on any atom is 0.263 e. The number of hydrogen-bond donors (Lipinski definition) is 0. The molecule has 0 unspecified atom stereocenters. The first-order valence-corrected chi connectivity index (χ1v) is 12.8. The molecule has 0 radical (unpaired) electrons. The molecule has 2 heterocycles. The zero-order valence-corrected chi connectivity index (χ0v) is 20.8. The van der Waals surface area contributed by atoms with Crippen molar-refractivity contribution < 1.29 is 13.2 Å². The third-order valence-electron chi connectivity index (χ3n) is 5.63. The number of carbonyl (C=O) groups is 1. The van der Waals surface area contributed by atoms with Gasteiger partial charge in [-0.05, 0) is 37.5 Å². The van der Waals surface area contributed by atoms with Crippen molar-refractivity contribution in [2.75, 3.05) is 44.2 Å². The predicted octanol–water partition coefficient (Wildman–Crippen LogP) is 3.16. The van der Waals surface area contributed by atoms with E-state index in [1.807, 2.05) is 39.0 Å². The monoisotopic (exact) mass is 481 g/mol. The van der Waals surface area contributed by atoms with Gasteiger partial charge < -0.3 is 9.80 Å². The van der Waals surface area contributed by atoms with Crippen LogP contribution in [0.5, 0.6) is 0 Å². The SMILES string of the molecule is CCCN(CCC)C(=O)c1cn(C)nc1S(=O)(=O)N1CCN(c2cc(Cl)ccc2C)CC1. The van der Waals surface area contributed by atoms with Crippen LogP contribution in [-0.4, -0.2) is 72.6 Å². The number of rotatable bonds is 8. The minimum atomic E-state index is -3.90.